The summed E-state index contributed by atoms with van der Waals surface area (Å²) in [7, 11) is 0. The van der Waals surface area contributed by atoms with E-state index in [2.05, 4.69) is 5.32 Å². The van der Waals surface area contributed by atoms with Gasteiger partial charge in [-0.15, -0.1) is 0 Å². The van der Waals surface area contributed by atoms with Crippen LogP contribution in [0.2, 0.25) is 0 Å². The molecule has 2 fully saturated rings. The highest BCUT2D eigenvalue weighted by atomic mass is 16.2. The molecule has 16 heavy (non-hydrogen) atoms. The molecule has 0 bridgehead atoms. The molecule has 2 heterocycles. The first-order chi connectivity index (χ1) is 7.70. The van der Waals surface area contributed by atoms with Crippen LogP contribution in [0.5, 0.6) is 0 Å². The van der Waals surface area contributed by atoms with Crippen molar-refractivity contribution >= 4 is 11.8 Å². The van der Waals surface area contributed by atoms with Gasteiger partial charge in [-0.2, -0.15) is 0 Å². The SMILES string of the molecule is NC(=O)C1CCCN1C(=O)[C@@H]1CCCCN1. The van der Waals surface area contributed by atoms with Crippen molar-refractivity contribution in [3.8, 4) is 0 Å². The van der Waals surface area contributed by atoms with Gasteiger partial charge < -0.3 is 16.0 Å². The van der Waals surface area contributed by atoms with Gasteiger partial charge >= 0.3 is 0 Å². The first-order valence-electron chi connectivity index (χ1n) is 6.03. The quantitative estimate of drug-likeness (QED) is 0.671. The summed E-state index contributed by atoms with van der Waals surface area (Å²) in [6.45, 7) is 1.57. The van der Waals surface area contributed by atoms with Crippen molar-refractivity contribution < 1.29 is 9.59 Å². The molecule has 5 nitrogen and oxygen atoms in total. The van der Waals surface area contributed by atoms with E-state index in [-0.39, 0.29) is 23.9 Å². The molecule has 2 aliphatic rings. The van der Waals surface area contributed by atoms with Crippen LogP contribution in [0.25, 0.3) is 0 Å². The molecule has 0 aromatic heterocycles. The Labute approximate surface area is 95.3 Å². The van der Waals surface area contributed by atoms with Gasteiger partial charge in [-0.05, 0) is 32.2 Å². The molecule has 1 unspecified atom stereocenters. The van der Waals surface area contributed by atoms with Gasteiger partial charge in [0.2, 0.25) is 11.8 Å². The highest BCUT2D eigenvalue weighted by Gasteiger charge is 2.36. The molecular formula is C11H19N3O2. The minimum Gasteiger partial charge on any atom is -0.368 e. The monoisotopic (exact) mass is 225 g/mol. The van der Waals surface area contributed by atoms with Crippen LogP contribution in [-0.2, 0) is 9.59 Å². The molecular weight excluding hydrogens is 206 g/mol. The van der Waals surface area contributed by atoms with Crippen LogP contribution in [0.4, 0.5) is 0 Å². The van der Waals surface area contributed by atoms with Gasteiger partial charge in [0.15, 0.2) is 0 Å². The van der Waals surface area contributed by atoms with Crippen molar-refractivity contribution in [2.24, 2.45) is 5.73 Å². The lowest BCUT2D eigenvalue weighted by molar-refractivity contribution is -0.139. The smallest absolute Gasteiger partial charge is 0.240 e. The average Bonchev–Trinajstić information content (AvgIpc) is 2.78. The van der Waals surface area contributed by atoms with Crippen LogP contribution in [0.1, 0.15) is 32.1 Å². The summed E-state index contributed by atoms with van der Waals surface area (Å²) < 4.78 is 0. The highest BCUT2D eigenvalue weighted by molar-refractivity contribution is 5.89. The summed E-state index contributed by atoms with van der Waals surface area (Å²) >= 11 is 0. The molecule has 2 atom stereocenters. The number of carbonyl (C=O) groups excluding carboxylic acids is 2. The first-order valence-corrected chi connectivity index (χ1v) is 6.03. The average molecular weight is 225 g/mol. The number of hydrogen-bond donors (Lipinski definition) is 2. The van der Waals surface area contributed by atoms with E-state index in [9.17, 15) is 9.59 Å². The Morgan fingerprint density at radius 1 is 1.19 bits per heavy atom. The molecule has 0 aromatic rings. The minimum absolute atomic E-state index is 0.0565. The molecule has 2 amide bonds. The van der Waals surface area contributed by atoms with Gasteiger partial charge in [0.25, 0.3) is 0 Å². The number of nitrogens with one attached hydrogen (secondary N) is 1. The lowest BCUT2D eigenvalue weighted by Crippen LogP contribution is -2.52. The van der Waals surface area contributed by atoms with E-state index in [4.69, 9.17) is 5.73 Å². The van der Waals surface area contributed by atoms with Gasteiger partial charge in [0.1, 0.15) is 6.04 Å². The largest absolute Gasteiger partial charge is 0.368 e. The second-order valence-electron chi connectivity index (χ2n) is 4.59. The Morgan fingerprint density at radius 3 is 2.62 bits per heavy atom. The maximum Gasteiger partial charge on any atom is 0.240 e. The number of nitrogens with two attached hydrogens (primary N) is 1. The zero-order valence-corrected chi connectivity index (χ0v) is 9.45. The second kappa shape index (κ2) is 4.82. The molecule has 2 saturated heterocycles. The van der Waals surface area contributed by atoms with Crippen molar-refractivity contribution in [1.29, 1.82) is 0 Å². The predicted molar refractivity (Wildman–Crippen MR) is 59.6 cm³/mol. The van der Waals surface area contributed by atoms with Crippen LogP contribution in [0.15, 0.2) is 0 Å². The summed E-state index contributed by atoms with van der Waals surface area (Å²) in [6, 6.07) is -0.482. The molecule has 0 saturated carbocycles. The molecule has 2 rings (SSSR count). The summed E-state index contributed by atoms with van der Waals surface area (Å²) in [5, 5.41) is 3.21. The maximum absolute atomic E-state index is 12.2. The Morgan fingerprint density at radius 2 is 2.00 bits per heavy atom. The zero-order valence-electron chi connectivity index (χ0n) is 9.45. The van der Waals surface area contributed by atoms with Gasteiger partial charge in [0, 0.05) is 6.54 Å². The third kappa shape index (κ3) is 2.19. The summed E-state index contributed by atoms with van der Waals surface area (Å²) in [5.74, 6) is -0.317. The number of piperidine rings is 1. The number of rotatable bonds is 2. The van der Waals surface area contributed by atoms with Gasteiger partial charge in [-0.3, -0.25) is 9.59 Å². The lowest BCUT2D eigenvalue weighted by Gasteiger charge is -2.29. The molecule has 0 spiro atoms. The summed E-state index contributed by atoms with van der Waals surface area (Å²) in [5.41, 5.74) is 5.30. The summed E-state index contributed by atoms with van der Waals surface area (Å²) in [6.07, 6.45) is 4.68. The predicted octanol–water partition coefficient (Wildman–Crippen LogP) is -0.395. The molecule has 5 heteroatoms. The van der Waals surface area contributed by atoms with E-state index in [0.29, 0.717) is 13.0 Å². The molecule has 0 aromatic carbocycles. The Kier molecular flexibility index (Phi) is 3.43. The van der Waals surface area contributed by atoms with Gasteiger partial charge in [-0.1, -0.05) is 6.42 Å². The Hall–Kier alpha value is -1.10. The number of amides is 2. The fourth-order valence-electron chi connectivity index (χ4n) is 2.59. The molecule has 0 radical (unpaired) electrons. The fraction of sp³-hybridized carbons (Fsp3) is 0.818. The molecule has 0 aliphatic carbocycles. The minimum atomic E-state index is -0.378. The van der Waals surface area contributed by atoms with Crippen LogP contribution in [0, 0.1) is 0 Å². The van der Waals surface area contributed by atoms with Gasteiger partial charge in [0.05, 0.1) is 6.04 Å². The number of hydrogen-bond acceptors (Lipinski definition) is 3. The first kappa shape index (κ1) is 11.4. The van der Waals surface area contributed by atoms with E-state index in [1.54, 1.807) is 4.90 Å². The van der Waals surface area contributed by atoms with E-state index < -0.39 is 0 Å². The van der Waals surface area contributed by atoms with Crippen LogP contribution in [-0.4, -0.2) is 41.9 Å². The Bertz CT molecular complexity index is 287. The van der Waals surface area contributed by atoms with E-state index >= 15 is 0 Å². The number of carbonyl (C=O) groups is 2. The maximum atomic E-state index is 12.2. The third-order valence-corrected chi connectivity index (χ3v) is 3.47. The normalized spacial score (nSPS) is 30.4. The molecule has 90 valence electrons. The lowest BCUT2D eigenvalue weighted by atomic mass is 10.0. The zero-order chi connectivity index (χ0) is 11.5. The number of primary amides is 1. The van der Waals surface area contributed by atoms with Crippen LogP contribution < -0.4 is 11.1 Å². The Balaban J connectivity index is 1.99. The molecule has 3 N–H and O–H groups in total. The number of likely N-dealkylation sites (tertiary alicyclic amines) is 1. The topological polar surface area (TPSA) is 75.4 Å². The van der Waals surface area contributed by atoms with Gasteiger partial charge in [-0.25, -0.2) is 0 Å². The third-order valence-electron chi connectivity index (χ3n) is 3.47. The van der Waals surface area contributed by atoms with E-state index in [1.165, 1.54) is 0 Å². The van der Waals surface area contributed by atoms with Crippen molar-refractivity contribution in [3.05, 3.63) is 0 Å². The van der Waals surface area contributed by atoms with Crippen molar-refractivity contribution in [1.82, 2.24) is 10.2 Å². The van der Waals surface area contributed by atoms with Crippen LogP contribution in [0.3, 0.4) is 0 Å². The standard InChI is InChI=1S/C11H19N3O2/c12-10(15)9-5-3-7-14(9)11(16)8-4-1-2-6-13-8/h8-9,13H,1-7H2,(H2,12,15)/t8-,9?/m0/s1. The summed E-state index contributed by atoms with van der Waals surface area (Å²) in [4.78, 5) is 25.0. The second-order valence-corrected chi connectivity index (χ2v) is 4.59. The van der Waals surface area contributed by atoms with E-state index in [1.807, 2.05) is 0 Å². The van der Waals surface area contributed by atoms with Crippen molar-refractivity contribution in [2.75, 3.05) is 13.1 Å². The van der Waals surface area contributed by atoms with E-state index in [0.717, 1.165) is 32.2 Å². The number of nitrogens with zero attached hydrogens (tertiary/aromatic N) is 1. The highest BCUT2D eigenvalue weighted by Crippen LogP contribution is 2.20. The van der Waals surface area contributed by atoms with Crippen molar-refractivity contribution in [3.63, 3.8) is 0 Å². The fourth-order valence-corrected chi connectivity index (χ4v) is 2.59. The molecule has 2 aliphatic heterocycles. The van der Waals surface area contributed by atoms with Crippen LogP contribution >= 0.6 is 0 Å². The van der Waals surface area contributed by atoms with Crippen molar-refractivity contribution in [2.45, 2.75) is 44.2 Å².